The van der Waals surface area contributed by atoms with Gasteiger partial charge in [-0.25, -0.2) is 0 Å². The Morgan fingerprint density at radius 3 is 1.86 bits per heavy atom. The molecule has 0 amide bonds. The van der Waals surface area contributed by atoms with Crippen LogP contribution in [0.15, 0.2) is 24.3 Å². The van der Waals surface area contributed by atoms with E-state index in [1.54, 1.807) is 31.4 Å². The first-order chi connectivity index (χ1) is 6.74. The van der Waals surface area contributed by atoms with Crippen molar-refractivity contribution in [2.75, 3.05) is 7.11 Å². The minimum atomic E-state index is 0.260. The number of hydrogen-bond acceptors (Lipinski definition) is 3. The Hall–Kier alpha value is -1.51. The average molecular weight is 198 g/mol. The minimum absolute atomic E-state index is 0.260. The molecule has 0 aliphatic rings. The fourth-order valence-corrected chi connectivity index (χ4v) is 0.582. The number of phenols is 1. The van der Waals surface area contributed by atoms with Gasteiger partial charge in [0.25, 0.3) is 0 Å². The topological polar surface area (TPSA) is 46.5 Å². The van der Waals surface area contributed by atoms with Crippen molar-refractivity contribution in [3.05, 3.63) is 24.3 Å². The number of carbonyl (C=O) groups excluding carboxylic acids is 1. The smallest absolute Gasteiger partial charge is 0.119 e. The molecule has 0 aliphatic carbocycles. The van der Waals surface area contributed by atoms with Crippen LogP contribution in [0.25, 0.3) is 0 Å². The quantitative estimate of drug-likeness (QED) is 0.705. The standard InChI is InChI=1S/C7H8O2.C2H4O.C2H6/c1-9-7-4-2-6(8)3-5-7;1-2-3;1-2/h2-5,8H,1H3;2H,1H3;1-2H3. The number of carbonyl (C=O) groups is 1. The Balaban J connectivity index is 0. The largest absolute Gasteiger partial charge is 0.508 e. The molecule has 0 atom stereocenters. The summed E-state index contributed by atoms with van der Waals surface area (Å²) in [5.41, 5.74) is 0. The van der Waals surface area contributed by atoms with Gasteiger partial charge >= 0.3 is 0 Å². The SMILES string of the molecule is CC.CC=O.COc1ccc(O)cc1. The van der Waals surface area contributed by atoms with Crippen LogP contribution in [-0.2, 0) is 4.79 Å². The van der Waals surface area contributed by atoms with Gasteiger partial charge in [-0.2, -0.15) is 0 Å². The van der Waals surface area contributed by atoms with Crippen molar-refractivity contribution in [2.45, 2.75) is 20.8 Å². The third-order valence-corrected chi connectivity index (χ3v) is 1.07. The Labute approximate surface area is 85.3 Å². The molecule has 14 heavy (non-hydrogen) atoms. The van der Waals surface area contributed by atoms with Crippen LogP contribution in [0.1, 0.15) is 20.8 Å². The highest BCUT2D eigenvalue weighted by Crippen LogP contribution is 2.14. The average Bonchev–Trinajstić information content (AvgIpc) is 2.23. The van der Waals surface area contributed by atoms with Gasteiger partial charge in [-0.1, -0.05) is 13.8 Å². The summed E-state index contributed by atoms with van der Waals surface area (Å²) in [5.74, 6) is 1.02. The normalized spacial score (nSPS) is 7.14. The van der Waals surface area contributed by atoms with Crippen LogP contribution >= 0.6 is 0 Å². The van der Waals surface area contributed by atoms with Crippen LogP contribution in [0.3, 0.4) is 0 Å². The van der Waals surface area contributed by atoms with E-state index in [-0.39, 0.29) is 5.75 Å². The third kappa shape index (κ3) is 8.59. The molecule has 0 fully saturated rings. The van der Waals surface area contributed by atoms with E-state index < -0.39 is 0 Å². The van der Waals surface area contributed by atoms with Gasteiger partial charge in [-0.15, -0.1) is 0 Å². The molecule has 0 unspecified atom stereocenters. The van der Waals surface area contributed by atoms with Crippen molar-refractivity contribution < 1.29 is 14.6 Å². The molecular weight excluding hydrogens is 180 g/mol. The Morgan fingerprint density at radius 2 is 1.57 bits per heavy atom. The van der Waals surface area contributed by atoms with E-state index in [0.29, 0.717) is 0 Å². The van der Waals surface area contributed by atoms with Gasteiger partial charge < -0.3 is 14.6 Å². The summed E-state index contributed by atoms with van der Waals surface area (Å²) in [7, 11) is 1.59. The first-order valence-electron chi connectivity index (χ1n) is 4.47. The second-order valence-corrected chi connectivity index (χ2v) is 1.93. The molecule has 0 aromatic heterocycles. The van der Waals surface area contributed by atoms with Crippen molar-refractivity contribution >= 4 is 6.29 Å². The first-order valence-corrected chi connectivity index (χ1v) is 4.47. The number of aromatic hydroxyl groups is 1. The maximum atomic E-state index is 8.81. The van der Waals surface area contributed by atoms with Crippen LogP contribution in [0, 0.1) is 0 Å². The summed E-state index contributed by atoms with van der Waals surface area (Å²) in [5, 5.41) is 8.80. The molecule has 0 saturated heterocycles. The molecule has 1 rings (SSSR count). The zero-order valence-corrected chi connectivity index (χ0v) is 9.15. The molecule has 0 bridgehead atoms. The zero-order chi connectivity index (χ0) is 11.4. The fraction of sp³-hybridized carbons (Fsp3) is 0.364. The van der Waals surface area contributed by atoms with Gasteiger partial charge in [-0.05, 0) is 31.2 Å². The van der Waals surface area contributed by atoms with Gasteiger partial charge in [-0.3, -0.25) is 0 Å². The van der Waals surface area contributed by atoms with Crippen LogP contribution in [0.4, 0.5) is 0 Å². The van der Waals surface area contributed by atoms with Gasteiger partial charge in [0.2, 0.25) is 0 Å². The zero-order valence-electron chi connectivity index (χ0n) is 9.15. The molecule has 0 radical (unpaired) electrons. The molecule has 0 spiro atoms. The summed E-state index contributed by atoms with van der Waals surface area (Å²) in [6, 6.07) is 6.57. The number of rotatable bonds is 1. The van der Waals surface area contributed by atoms with Crippen LogP contribution in [0.2, 0.25) is 0 Å². The van der Waals surface area contributed by atoms with E-state index in [1.807, 2.05) is 13.8 Å². The molecule has 1 N–H and O–H groups in total. The van der Waals surface area contributed by atoms with Crippen LogP contribution < -0.4 is 4.74 Å². The summed E-state index contributed by atoms with van der Waals surface area (Å²) >= 11 is 0. The first kappa shape index (κ1) is 15.0. The highest BCUT2D eigenvalue weighted by atomic mass is 16.5. The lowest BCUT2D eigenvalue weighted by atomic mass is 10.3. The van der Waals surface area contributed by atoms with E-state index in [0.717, 1.165) is 12.0 Å². The summed E-state index contributed by atoms with van der Waals surface area (Å²) in [6.07, 6.45) is 0.750. The van der Waals surface area contributed by atoms with E-state index in [2.05, 4.69) is 0 Å². The molecule has 0 saturated carbocycles. The minimum Gasteiger partial charge on any atom is -0.508 e. The van der Waals surface area contributed by atoms with Crippen LogP contribution in [-0.4, -0.2) is 18.5 Å². The van der Waals surface area contributed by atoms with E-state index >= 15 is 0 Å². The van der Waals surface area contributed by atoms with E-state index in [4.69, 9.17) is 14.6 Å². The Morgan fingerprint density at radius 1 is 1.21 bits per heavy atom. The molecule has 3 heteroatoms. The molecule has 1 aromatic carbocycles. The number of phenolic OH excluding ortho intramolecular Hbond substituents is 1. The van der Waals surface area contributed by atoms with Crippen molar-refractivity contribution in [2.24, 2.45) is 0 Å². The van der Waals surface area contributed by atoms with Gasteiger partial charge in [0.15, 0.2) is 0 Å². The molecule has 80 valence electrons. The van der Waals surface area contributed by atoms with Crippen molar-refractivity contribution in [1.29, 1.82) is 0 Å². The molecule has 0 aliphatic heterocycles. The molecule has 3 nitrogen and oxygen atoms in total. The second kappa shape index (κ2) is 11.5. The monoisotopic (exact) mass is 198 g/mol. The lowest BCUT2D eigenvalue weighted by Gasteiger charge is -1.96. The van der Waals surface area contributed by atoms with Crippen molar-refractivity contribution in [3.8, 4) is 11.5 Å². The molecular formula is C11H18O3. The van der Waals surface area contributed by atoms with Crippen molar-refractivity contribution in [1.82, 2.24) is 0 Å². The number of hydrogen-bond donors (Lipinski definition) is 1. The van der Waals surface area contributed by atoms with Crippen molar-refractivity contribution in [3.63, 3.8) is 0 Å². The molecule has 0 heterocycles. The maximum absolute atomic E-state index is 8.81. The van der Waals surface area contributed by atoms with Crippen LogP contribution in [0.5, 0.6) is 11.5 Å². The Kier molecular flexibility index (Phi) is 12.3. The highest BCUT2D eigenvalue weighted by Gasteiger charge is 1.87. The van der Waals surface area contributed by atoms with E-state index in [9.17, 15) is 0 Å². The number of benzene rings is 1. The predicted molar refractivity (Wildman–Crippen MR) is 57.7 cm³/mol. The third-order valence-electron chi connectivity index (χ3n) is 1.07. The summed E-state index contributed by atoms with van der Waals surface area (Å²) in [4.78, 5) is 8.81. The predicted octanol–water partition coefficient (Wildman–Crippen LogP) is 2.63. The van der Waals surface area contributed by atoms with Gasteiger partial charge in [0.05, 0.1) is 7.11 Å². The number of methoxy groups -OCH3 is 1. The van der Waals surface area contributed by atoms with Gasteiger partial charge in [0, 0.05) is 0 Å². The fourth-order valence-electron chi connectivity index (χ4n) is 0.582. The second-order valence-electron chi connectivity index (χ2n) is 1.93. The molecule has 1 aromatic rings. The lowest BCUT2D eigenvalue weighted by molar-refractivity contribution is -0.106. The van der Waals surface area contributed by atoms with Gasteiger partial charge in [0.1, 0.15) is 17.8 Å². The highest BCUT2D eigenvalue weighted by molar-refractivity contribution is 5.44. The lowest BCUT2D eigenvalue weighted by Crippen LogP contribution is -1.79. The number of aldehydes is 1. The number of ether oxygens (including phenoxy) is 1. The summed E-state index contributed by atoms with van der Waals surface area (Å²) < 4.78 is 4.86. The maximum Gasteiger partial charge on any atom is 0.119 e. The Bertz CT molecular complexity index is 216. The summed E-state index contributed by atoms with van der Waals surface area (Å²) in [6.45, 7) is 5.44. The van der Waals surface area contributed by atoms with E-state index in [1.165, 1.54) is 6.92 Å².